The van der Waals surface area contributed by atoms with Crippen LogP contribution in [0.3, 0.4) is 0 Å². The zero-order valence-electron chi connectivity index (χ0n) is 13.1. The maximum atomic E-state index is 13.0. The van der Waals surface area contributed by atoms with Gasteiger partial charge in [-0.05, 0) is 37.3 Å². The molecule has 0 saturated heterocycles. The number of rotatable bonds is 3. The van der Waals surface area contributed by atoms with E-state index in [-0.39, 0.29) is 0 Å². The van der Waals surface area contributed by atoms with Crippen LogP contribution in [-0.4, -0.2) is 10.9 Å². The molecule has 1 heterocycles. The van der Waals surface area contributed by atoms with Gasteiger partial charge < -0.3 is 9.73 Å². The number of aromatic nitrogens is 1. The van der Waals surface area contributed by atoms with E-state index in [2.05, 4.69) is 10.3 Å². The van der Waals surface area contributed by atoms with Crippen LogP contribution in [0.25, 0.3) is 11.5 Å². The molecule has 128 valence electrons. The Hall–Kier alpha value is -3.09. The largest absolute Gasteiger partial charge is 0.441 e. The van der Waals surface area contributed by atoms with Gasteiger partial charge in [0.25, 0.3) is 5.91 Å². The molecule has 0 saturated carbocycles. The molecule has 3 aromatic rings. The molecule has 0 radical (unpaired) electrons. The number of nitrogens with zero attached hydrogens (tertiary/aromatic N) is 1. The third-order valence-electron chi connectivity index (χ3n) is 3.47. The first-order chi connectivity index (χ1) is 11.8. The first-order valence-electron chi connectivity index (χ1n) is 7.35. The Morgan fingerprint density at radius 2 is 1.88 bits per heavy atom. The van der Waals surface area contributed by atoms with Gasteiger partial charge in [0.05, 0.1) is 17.3 Å². The molecule has 4 nitrogen and oxygen atoms in total. The number of halogens is 3. The summed E-state index contributed by atoms with van der Waals surface area (Å²) in [6, 6.07) is 11.2. The van der Waals surface area contributed by atoms with E-state index in [0.29, 0.717) is 22.9 Å². The number of carbonyl (C=O) groups excluding carboxylic acids is 1. The Bertz CT molecular complexity index is 916. The first-order valence-corrected chi connectivity index (χ1v) is 7.35. The van der Waals surface area contributed by atoms with Crippen LogP contribution in [-0.2, 0) is 6.18 Å². The second-order valence-electron chi connectivity index (χ2n) is 5.35. The third-order valence-corrected chi connectivity index (χ3v) is 3.47. The fraction of sp³-hybridized carbons (Fsp3) is 0.111. The number of hydrogen-bond acceptors (Lipinski definition) is 3. The van der Waals surface area contributed by atoms with Crippen molar-refractivity contribution in [3.05, 3.63) is 71.6 Å². The number of carbonyl (C=O) groups is 1. The minimum atomic E-state index is -4.61. The molecule has 0 bridgehead atoms. The molecule has 1 aromatic heterocycles. The van der Waals surface area contributed by atoms with E-state index in [1.807, 2.05) is 0 Å². The van der Waals surface area contributed by atoms with Gasteiger partial charge in [-0.1, -0.05) is 18.2 Å². The lowest BCUT2D eigenvalue weighted by Crippen LogP contribution is -2.18. The van der Waals surface area contributed by atoms with Crippen LogP contribution in [0.15, 0.2) is 59.1 Å². The standard InChI is InChI=1S/C18H13F3N2O2/c1-11-10-22-17(25-11)12-5-4-6-13(9-12)23-16(24)14-7-2-3-8-15(14)18(19,20)21/h2-10H,1H3,(H,23,24). The molecule has 0 aliphatic carbocycles. The van der Waals surface area contributed by atoms with Crippen molar-refractivity contribution in [3.8, 4) is 11.5 Å². The average Bonchev–Trinajstić information content (AvgIpc) is 3.01. The topological polar surface area (TPSA) is 55.1 Å². The van der Waals surface area contributed by atoms with Crippen LogP contribution >= 0.6 is 0 Å². The van der Waals surface area contributed by atoms with Crippen molar-refractivity contribution in [1.82, 2.24) is 4.98 Å². The fourth-order valence-electron chi connectivity index (χ4n) is 2.34. The highest BCUT2D eigenvalue weighted by atomic mass is 19.4. The highest BCUT2D eigenvalue weighted by Gasteiger charge is 2.34. The number of anilines is 1. The molecule has 0 aliphatic heterocycles. The summed E-state index contributed by atoms with van der Waals surface area (Å²) < 4.78 is 44.5. The van der Waals surface area contributed by atoms with Gasteiger partial charge in [0.1, 0.15) is 5.76 Å². The molecule has 25 heavy (non-hydrogen) atoms. The second-order valence-corrected chi connectivity index (χ2v) is 5.35. The van der Waals surface area contributed by atoms with Gasteiger partial charge in [-0.3, -0.25) is 4.79 Å². The maximum Gasteiger partial charge on any atom is 0.417 e. The molecule has 0 spiro atoms. The molecule has 0 unspecified atom stereocenters. The average molecular weight is 346 g/mol. The fourth-order valence-corrected chi connectivity index (χ4v) is 2.34. The summed E-state index contributed by atoms with van der Waals surface area (Å²) in [4.78, 5) is 16.4. The minimum absolute atomic E-state index is 0.343. The van der Waals surface area contributed by atoms with Crippen LogP contribution in [0, 0.1) is 6.92 Å². The molecular formula is C18H13F3N2O2. The first kappa shape index (κ1) is 16.8. The van der Waals surface area contributed by atoms with E-state index in [1.165, 1.54) is 12.1 Å². The Kier molecular flexibility index (Phi) is 4.31. The Morgan fingerprint density at radius 1 is 1.12 bits per heavy atom. The predicted octanol–water partition coefficient (Wildman–Crippen LogP) is 4.92. The molecule has 0 atom stereocenters. The molecule has 0 fully saturated rings. The Morgan fingerprint density at radius 3 is 2.56 bits per heavy atom. The van der Waals surface area contributed by atoms with Crippen molar-refractivity contribution in [2.75, 3.05) is 5.32 Å². The van der Waals surface area contributed by atoms with Crippen molar-refractivity contribution >= 4 is 11.6 Å². The monoisotopic (exact) mass is 346 g/mol. The molecular weight excluding hydrogens is 333 g/mol. The van der Waals surface area contributed by atoms with E-state index in [0.717, 1.165) is 12.1 Å². The third kappa shape index (κ3) is 3.71. The van der Waals surface area contributed by atoms with Crippen molar-refractivity contribution < 1.29 is 22.4 Å². The Labute approximate surface area is 141 Å². The number of hydrogen-bond donors (Lipinski definition) is 1. The van der Waals surface area contributed by atoms with E-state index in [1.54, 1.807) is 37.4 Å². The summed E-state index contributed by atoms with van der Waals surface area (Å²) in [6.07, 6.45) is -3.05. The molecule has 7 heteroatoms. The number of alkyl halides is 3. The van der Waals surface area contributed by atoms with Crippen LogP contribution in [0.5, 0.6) is 0 Å². The predicted molar refractivity (Wildman–Crippen MR) is 86.1 cm³/mol. The lowest BCUT2D eigenvalue weighted by atomic mass is 10.1. The van der Waals surface area contributed by atoms with E-state index in [9.17, 15) is 18.0 Å². The quantitative estimate of drug-likeness (QED) is 0.732. The highest BCUT2D eigenvalue weighted by molar-refractivity contribution is 6.05. The van der Waals surface area contributed by atoms with E-state index in [4.69, 9.17) is 4.42 Å². The lowest BCUT2D eigenvalue weighted by Gasteiger charge is -2.13. The highest BCUT2D eigenvalue weighted by Crippen LogP contribution is 2.32. The molecule has 1 N–H and O–H groups in total. The van der Waals surface area contributed by atoms with Crippen molar-refractivity contribution in [2.24, 2.45) is 0 Å². The van der Waals surface area contributed by atoms with Gasteiger partial charge in [0.2, 0.25) is 5.89 Å². The maximum absolute atomic E-state index is 13.0. The van der Waals surface area contributed by atoms with Gasteiger partial charge >= 0.3 is 6.18 Å². The van der Waals surface area contributed by atoms with Gasteiger partial charge in [0, 0.05) is 11.3 Å². The number of aryl methyl sites for hydroxylation is 1. The van der Waals surface area contributed by atoms with Crippen LogP contribution in [0.4, 0.5) is 18.9 Å². The van der Waals surface area contributed by atoms with Crippen LogP contribution in [0.2, 0.25) is 0 Å². The van der Waals surface area contributed by atoms with Crippen molar-refractivity contribution in [2.45, 2.75) is 13.1 Å². The van der Waals surface area contributed by atoms with Crippen LogP contribution in [0.1, 0.15) is 21.7 Å². The van der Waals surface area contributed by atoms with E-state index < -0.39 is 23.2 Å². The normalized spacial score (nSPS) is 11.4. The summed E-state index contributed by atoms with van der Waals surface area (Å²) in [5.74, 6) is 0.154. The summed E-state index contributed by atoms with van der Waals surface area (Å²) in [5, 5.41) is 2.48. The number of oxazole rings is 1. The number of amides is 1. The lowest BCUT2D eigenvalue weighted by molar-refractivity contribution is -0.137. The van der Waals surface area contributed by atoms with Crippen molar-refractivity contribution in [3.63, 3.8) is 0 Å². The van der Waals surface area contributed by atoms with Gasteiger partial charge in [-0.15, -0.1) is 0 Å². The summed E-state index contributed by atoms with van der Waals surface area (Å²) in [6.45, 7) is 1.75. The molecule has 1 amide bonds. The number of benzene rings is 2. The minimum Gasteiger partial charge on any atom is -0.441 e. The van der Waals surface area contributed by atoms with Crippen LogP contribution < -0.4 is 5.32 Å². The van der Waals surface area contributed by atoms with E-state index >= 15 is 0 Å². The van der Waals surface area contributed by atoms with Gasteiger partial charge in [0.15, 0.2) is 0 Å². The molecule has 3 rings (SSSR count). The summed E-state index contributed by atoms with van der Waals surface area (Å²) in [7, 11) is 0. The van der Waals surface area contributed by atoms with Gasteiger partial charge in [-0.25, -0.2) is 4.98 Å². The zero-order chi connectivity index (χ0) is 18.0. The van der Waals surface area contributed by atoms with Gasteiger partial charge in [-0.2, -0.15) is 13.2 Å². The number of nitrogens with one attached hydrogen (secondary N) is 1. The smallest absolute Gasteiger partial charge is 0.417 e. The second kappa shape index (κ2) is 6.43. The van der Waals surface area contributed by atoms with Crippen molar-refractivity contribution in [1.29, 1.82) is 0 Å². The molecule has 2 aromatic carbocycles. The summed E-state index contributed by atoms with van der Waals surface area (Å²) in [5.41, 5.74) is -0.468. The molecule has 0 aliphatic rings. The summed E-state index contributed by atoms with van der Waals surface area (Å²) >= 11 is 0. The zero-order valence-corrected chi connectivity index (χ0v) is 13.1. The SMILES string of the molecule is Cc1cnc(-c2cccc(NC(=O)c3ccccc3C(F)(F)F)c2)o1. The Balaban J connectivity index is 1.88.